The molecule has 84 valence electrons. The minimum absolute atomic E-state index is 0.275. The maximum atomic E-state index is 10.9. The first-order valence-electron chi connectivity index (χ1n) is 4.68. The highest BCUT2D eigenvalue weighted by Gasteiger charge is 2.13. The van der Waals surface area contributed by atoms with Crippen molar-refractivity contribution in [3.05, 3.63) is 0 Å². The van der Waals surface area contributed by atoms with Crippen molar-refractivity contribution in [3.63, 3.8) is 0 Å². The van der Waals surface area contributed by atoms with Gasteiger partial charge in [0.2, 0.25) is 0 Å². The molecule has 0 aromatic rings. The Morgan fingerprint density at radius 3 is 2.71 bits per heavy atom. The number of esters is 1. The van der Waals surface area contributed by atoms with Gasteiger partial charge in [-0.25, -0.2) is 0 Å². The molecule has 0 saturated heterocycles. The van der Waals surface area contributed by atoms with E-state index in [2.05, 4.69) is 10.1 Å². The van der Waals surface area contributed by atoms with Crippen LogP contribution in [0.3, 0.4) is 0 Å². The molecule has 0 aromatic carbocycles. The van der Waals surface area contributed by atoms with Crippen LogP contribution in [0.25, 0.3) is 0 Å². The van der Waals surface area contributed by atoms with Gasteiger partial charge in [-0.1, -0.05) is 0 Å². The van der Waals surface area contributed by atoms with Gasteiger partial charge in [0.15, 0.2) is 0 Å². The zero-order valence-electron chi connectivity index (χ0n) is 8.95. The molecule has 0 amide bonds. The van der Waals surface area contributed by atoms with E-state index in [1.165, 1.54) is 7.11 Å². The number of carbonyl (C=O) groups is 1. The fraction of sp³-hybridized carbons (Fsp3) is 0.889. The molecule has 0 fully saturated rings. The molecule has 0 aliphatic rings. The first-order valence-corrected chi connectivity index (χ1v) is 4.68. The first-order chi connectivity index (χ1) is 6.61. The van der Waals surface area contributed by atoms with Crippen molar-refractivity contribution in [1.82, 2.24) is 5.32 Å². The minimum atomic E-state index is -0.595. The molecule has 2 unspecified atom stereocenters. The molecule has 0 rings (SSSR count). The molecular weight excluding hydrogens is 186 g/mol. The summed E-state index contributed by atoms with van der Waals surface area (Å²) >= 11 is 0. The van der Waals surface area contributed by atoms with Crippen LogP contribution in [0.5, 0.6) is 0 Å². The van der Waals surface area contributed by atoms with Crippen LogP contribution in [0.1, 0.15) is 13.8 Å². The Balaban J connectivity index is 3.55. The normalized spacial score (nSPS) is 14.9. The van der Waals surface area contributed by atoms with Crippen molar-refractivity contribution in [2.45, 2.75) is 26.0 Å². The van der Waals surface area contributed by atoms with E-state index in [1.807, 2.05) is 6.92 Å². The van der Waals surface area contributed by atoms with Gasteiger partial charge >= 0.3 is 5.97 Å². The summed E-state index contributed by atoms with van der Waals surface area (Å²) in [6.07, 6.45) is -0.595. The van der Waals surface area contributed by atoms with E-state index in [0.717, 1.165) is 0 Å². The number of nitrogens with one attached hydrogen (secondary N) is 1. The van der Waals surface area contributed by atoms with Crippen LogP contribution < -0.4 is 5.32 Å². The second kappa shape index (κ2) is 7.73. The van der Waals surface area contributed by atoms with Crippen molar-refractivity contribution in [2.24, 2.45) is 0 Å². The predicted molar refractivity (Wildman–Crippen MR) is 52.0 cm³/mol. The third-order valence-electron chi connectivity index (χ3n) is 1.73. The molecule has 2 N–H and O–H groups in total. The van der Waals surface area contributed by atoms with E-state index in [-0.39, 0.29) is 12.6 Å². The van der Waals surface area contributed by atoms with Gasteiger partial charge in [-0.2, -0.15) is 0 Å². The highest BCUT2D eigenvalue weighted by atomic mass is 16.5. The highest BCUT2D eigenvalue weighted by molar-refractivity contribution is 5.75. The predicted octanol–water partition coefficient (Wildman–Crippen LogP) is -0.465. The number of hydrogen-bond donors (Lipinski definition) is 2. The number of rotatable bonds is 7. The fourth-order valence-electron chi connectivity index (χ4n) is 0.886. The van der Waals surface area contributed by atoms with Crippen LogP contribution in [-0.4, -0.2) is 50.1 Å². The molecule has 0 aromatic heterocycles. The van der Waals surface area contributed by atoms with Gasteiger partial charge in [-0.3, -0.25) is 4.79 Å². The van der Waals surface area contributed by atoms with Gasteiger partial charge in [0.05, 0.1) is 19.8 Å². The number of carbonyl (C=O) groups excluding carboxylic acids is 1. The van der Waals surface area contributed by atoms with Gasteiger partial charge < -0.3 is 19.9 Å². The Hall–Kier alpha value is -0.650. The van der Waals surface area contributed by atoms with Gasteiger partial charge in [-0.05, 0) is 13.8 Å². The lowest BCUT2D eigenvalue weighted by atomic mass is 10.3. The molecule has 0 radical (unpaired) electrons. The van der Waals surface area contributed by atoms with Gasteiger partial charge in [-0.15, -0.1) is 0 Å². The largest absolute Gasteiger partial charge is 0.468 e. The van der Waals surface area contributed by atoms with Crippen LogP contribution in [0.4, 0.5) is 0 Å². The molecule has 0 spiro atoms. The summed E-state index contributed by atoms with van der Waals surface area (Å²) in [5.74, 6) is -0.339. The minimum Gasteiger partial charge on any atom is -0.468 e. The summed E-state index contributed by atoms with van der Waals surface area (Å²) in [6, 6.07) is -0.406. The Morgan fingerprint density at radius 2 is 2.21 bits per heavy atom. The summed E-state index contributed by atoms with van der Waals surface area (Å²) in [5, 5.41) is 12.2. The second-order valence-corrected chi connectivity index (χ2v) is 2.97. The maximum Gasteiger partial charge on any atom is 0.322 e. The lowest BCUT2D eigenvalue weighted by molar-refractivity contribution is -0.142. The van der Waals surface area contributed by atoms with Crippen LogP contribution in [-0.2, 0) is 14.3 Å². The maximum absolute atomic E-state index is 10.9. The van der Waals surface area contributed by atoms with Crippen molar-refractivity contribution in [2.75, 3.05) is 26.9 Å². The monoisotopic (exact) mass is 205 g/mol. The number of aliphatic hydroxyl groups is 1. The Bertz CT molecular complexity index is 163. The third-order valence-corrected chi connectivity index (χ3v) is 1.73. The van der Waals surface area contributed by atoms with Crippen molar-refractivity contribution in [3.8, 4) is 0 Å². The zero-order valence-corrected chi connectivity index (χ0v) is 8.95. The summed E-state index contributed by atoms with van der Waals surface area (Å²) in [6.45, 7) is 4.70. The third kappa shape index (κ3) is 5.90. The van der Waals surface area contributed by atoms with E-state index in [0.29, 0.717) is 13.2 Å². The van der Waals surface area contributed by atoms with Gasteiger partial charge in [0.1, 0.15) is 6.04 Å². The molecule has 14 heavy (non-hydrogen) atoms. The molecule has 0 heterocycles. The average molecular weight is 205 g/mol. The number of methoxy groups -OCH3 is 1. The summed E-state index contributed by atoms with van der Waals surface area (Å²) in [5.41, 5.74) is 0. The molecule has 2 atom stereocenters. The lowest BCUT2D eigenvalue weighted by Crippen LogP contribution is -2.40. The van der Waals surface area contributed by atoms with Gasteiger partial charge in [0.25, 0.3) is 0 Å². The Morgan fingerprint density at radius 1 is 1.57 bits per heavy atom. The van der Waals surface area contributed by atoms with E-state index >= 15 is 0 Å². The van der Waals surface area contributed by atoms with E-state index in [4.69, 9.17) is 4.74 Å². The molecule has 0 aliphatic carbocycles. The molecule has 5 heteroatoms. The summed E-state index contributed by atoms with van der Waals surface area (Å²) in [4.78, 5) is 10.9. The molecule has 5 nitrogen and oxygen atoms in total. The van der Waals surface area contributed by atoms with Crippen molar-refractivity contribution >= 4 is 5.97 Å². The van der Waals surface area contributed by atoms with Crippen LogP contribution >= 0.6 is 0 Å². The SMILES string of the molecule is CCOCC(O)CNC(C)C(=O)OC. The molecule has 0 aliphatic heterocycles. The van der Waals surface area contributed by atoms with E-state index < -0.39 is 12.1 Å². The van der Waals surface area contributed by atoms with E-state index in [1.54, 1.807) is 6.92 Å². The number of aliphatic hydroxyl groups excluding tert-OH is 1. The van der Waals surface area contributed by atoms with Gasteiger partial charge in [0, 0.05) is 13.2 Å². The standard InChI is InChI=1S/C9H19NO4/c1-4-14-6-8(11)5-10-7(2)9(12)13-3/h7-8,10-11H,4-6H2,1-3H3. The summed E-state index contributed by atoms with van der Waals surface area (Å²) in [7, 11) is 1.33. The lowest BCUT2D eigenvalue weighted by Gasteiger charge is -2.15. The average Bonchev–Trinajstić information content (AvgIpc) is 2.21. The van der Waals surface area contributed by atoms with Crippen LogP contribution in [0, 0.1) is 0 Å². The quantitative estimate of drug-likeness (QED) is 0.550. The van der Waals surface area contributed by atoms with Crippen LogP contribution in [0.2, 0.25) is 0 Å². The topological polar surface area (TPSA) is 67.8 Å². The van der Waals surface area contributed by atoms with Crippen molar-refractivity contribution < 1.29 is 19.4 Å². The highest BCUT2D eigenvalue weighted by Crippen LogP contribution is 1.88. The van der Waals surface area contributed by atoms with Crippen molar-refractivity contribution in [1.29, 1.82) is 0 Å². The number of hydrogen-bond acceptors (Lipinski definition) is 5. The fourth-order valence-corrected chi connectivity index (χ4v) is 0.886. The molecular formula is C9H19NO4. The Kier molecular flexibility index (Phi) is 7.37. The van der Waals surface area contributed by atoms with Crippen LogP contribution in [0.15, 0.2) is 0 Å². The molecule has 0 bridgehead atoms. The molecule has 0 saturated carbocycles. The zero-order chi connectivity index (χ0) is 11.0. The Labute approximate surface area is 84.4 Å². The summed E-state index contributed by atoms with van der Waals surface area (Å²) < 4.78 is 9.52. The first kappa shape index (κ1) is 13.4. The smallest absolute Gasteiger partial charge is 0.322 e. The number of ether oxygens (including phenoxy) is 2. The second-order valence-electron chi connectivity index (χ2n) is 2.97. The van der Waals surface area contributed by atoms with E-state index in [9.17, 15) is 9.90 Å².